The molecule has 0 amide bonds. The molecule has 2 unspecified atom stereocenters. The van der Waals surface area contributed by atoms with Gasteiger partial charge in [-0.15, -0.1) is 0 Å². The average Bonchev–Trinajstić information content (AvgIpc) is 2.05. The average molecular weight is 171 g/mol. The SMILES string of the molecule is CC(CCCC=O)C(C)(N)C=O. The molecular weight excluding hydrogens is 154 g/mol. The molecule has 2 atom stereocenters. The zero-order valence-corrected chi connectivity index (χ0v) is 7.75. The van der Waals surface area contributed by atoms with Gasteiger partial charge in [0.1, 0.15) is 12.6 Å². The van der Waals surface area contributed by atoms with Crippen molar-refractivity contribution in [3.05, 3.63) is 0 Å². The Kier molecular flexibility index (Phi) is 4.74. The number of rotatable bonds is 6. The Labute approximate surface area is 73.3 Å². The summed E-state index contributed by atoms with van der Waals surface area (Å²) in [5.74, 6) is 0.134. The number of carbonyl (C=O) groups excluding carboxylic acids is 2. The summed E-state index contributed by atoms with van der Waals surface area (Å²) in [6.07, 6.45) is 3.86. The van der Waals surface area contributed by atoms with Crippen LogP contribution in [0.4, 0.5) is 0 Å². The molecule has 0 aliphatic carbocycles. The predicted octanol–water partition coefficient (Wildman–Crippen LogP) is 0.908. The smallest absolute Gasteiger partial charge is 0.139 e. The van der Waals surface area contributed by atoms with E-state index >= 15 is 0 Å². The van der Waals surface area contributed by atoms with Gasteiger partial charge in [0, 0.05) is 6.42 Å². The normalized spacial score (nSPS) is 17.9. The fourth-order valence-electron chi connectivity index (χ4n) is 0.935. The van der Waals surface area contributed by atoms with E-state index in [0.717, 1.165) is 25.4 Å². The summed E-state index contributed by atoms with van der Waals surface area (Å²) in [4.78, 5) is 20.5. The van der Waals surface area contributed by atoms with E-state index in [-0.39, 0.29) is 5.92 Å². The van der Waals surface area contributed by atoms with E-state index in [1.165, 1.54) is 0 Å². The summed E-state index contributed by atoms with van der Waals surface area (Å²) in [5.41, 5.74) is 4.94. The Morgan fingerprint density at radius 1 is 1.50 bits per heavy atom. The van der Waals surface area contributed by atoms with Crippen LogP contribution in [0.5, 0.6) is 0 Å². The molecule has 0 aromatic carbocycles. The van der Waals surface area contributed by atoms with Crippen molar-refractivity contribution in [2.75, 3.05) is 0 Å². The summed E-state index contributed by atoms with van der Waals surface area (Å²) >= 11 is 0. The van der Waals surface area contributed by atoms with Crippen LogP contribution in [0.3, 0.4) is 0 Å². The molecule has 0 fully saturated rings. The van der Waals surface area contributed by atoms with Crippen LogP contribution in [0.2, 0.25) is 0 Å². The minimum atomic E-state index is -0.747. The third kappa shape index (κ3) is 3.62. The fraction of sp³-hybridized carbons (Fsp3) is 0.778. The first-order valence-corrected chi connectivity index (χ1v) is 4.23. The monoisotopic (exact) mass is 171 g/mol. The Morgan fingerprint density at radius 3 is 2.50 bits per heavy atom. The van der Waals surface area contributed by atoms with Crippen LogP contribution in [-0.2, 0) is 9.59 Å². The van der Waals surface area contributed by atoms with Crippen LogP contribution < -0.4 is 5.73 Å². The van der Waals surface area contributed by atoms with Crippen molar-refractivity contribution in [2.24, 2.45) is 11.7 Å². The summed E-state index contributed by atoms with van der Waals surface area (Å²) in [5, 5.41) is 0. The van der Waals surface area contributed by atoms with Gasteiger partial charge in [-0.3, -0.25) is 0 Å². The molecular formula is C9H17NO2. The highest BCUT2D eigenvalue weighted by Crippen LogP contribution is 2.17. The highest BCUT2D eigenvalue weighted by Gasteiger charge is 2.24. The number of unbranched alkanes of at least 4 members (excludes halogenated alkanes) is 1. The van der Waals surface area contributed by atoms with E-state index in [2.05, 4.69) is 0 Å². The minimum Gasteiger partial charge on any atom is -0.319 e. The lowest BCUT2D eigenvalue weighted by Crippen LogP contribution is -2.44. The molecule has 12 heavy (non-hydrogen) atoms. The van der Waals surface area contributed by atoms with Gasteiger partial charge in [-0.2, -0.15) is 0 Å². The van der Waals surface area contributed by atoms with Gasteiger partial charge in [0.05, 0.1) is 5.54 Å². The van der Waals surface area contributed by atoms with Gasteiger partial charge in [0.2, 0.25) is 0 Å². The fourth-order valence-corrected chi connectivity index (χ4v) is 0.935. The summed E-state index contributed by atoms with van der Waals surface area (Å²) in [6, 6.07) is 0. The van der Waals surface area contributed by atoms with Gasteiger partial charge in [-0.05, 0) is 25.7 Å². The molecule has 0 saturated carbocycles. The third-order valence-corrected chi connectivity index (χ3v) is 2.27. The third-order valence-electron chi connectivity index (χ3n) is 2.27. The second-order valence-corrected chi connectivity index (χ2v) is 3.48. The van der Waals surface area contributed by atoms with Crippen molar-refractivity contribution in [1.82, 2.24) is 0 Å². The van der Waals surface area contributed by atoms with Gasteiger partial charge in [0.25, 0.3) is 0 Å². The molecule has 0 spiro atoms. The van der Waals surface area contributed by atoms with Gasteiger partial charge < -0.3 is 15.3 Å². The van der Waals surface area contributed by atoms with E-state index in [1.807, 2.05) is 6.92 Å². The minimum absolute atomic E-state index is 0.134. The van der Waals surface area contributed by atoms with E-state index < -0.39 is 5.54 Å². The molecule has 0 rings (SSSR count). The van der Waals surface area contributed by atoms with E-state index in [0.29, 0.717) is 6.42 Å². The van der Waals surface area contributed by atoms with Crippen LogP contribution in [0, 0.1) is 5.92 Å². The first kappa shape index (κ1) is 11.3. The molecule has 0 aromatic rings. The highest BCUT2D eigenvalue weighted by molar-refractivity contribution is 5.63. The maximum atomic E-state index is 10.5. The van der Waals surface area contributed by atoms with Gasteiger partial charge in [-0.1, -0.05) is 6.92 Å². The zero-order chi connectivity index (χ0) is 9.61. The van der Waals surface area contributed by atoms with Crippen molar-refractivity contribution >= 4 is 12.6 Å². The quantitative estimate of drug-likeness (QED) is 0.477. The lowest BCUT2D eigenvalue weighted by molar-refractivity contribution is -0.113. The van der Waals surface area contributed by atoms with Crippen LogP contribution in [0.25, 0.3) is 0 Å². The van der Waals surface area contributed by atoms with E-state index in [4.69, 9.17) is 5.73 Å². The molecule has 0 aliphatic rings. The summed E-state index contributed by atoms with van der Waals surface area (Å²) in [7, 11) is 0. The molecule has 0 aliphatic heterocycles. The second kappa shape index (κ2) is 5.04. The molecule has 70 valence electrons. The second-order valence-electron chi connectivity index (χ2n) is 3.48. The number of carbonyl (C=O) groups is 2. The molecule has 0 saturated heterocycles. The first-order chi connectivity index (χ1) is 5.54. The molecule has 0 radical (unpaired) electrons. The maximum Gasteiger partial charge on any atom is 0.139 e. The summed E-state index contributed by atoms with van der Waals surface area (Å²) in [6.45, 7) is 3.64. The zero-order valence-electron chi connectivity index (χ0n) is 7.75. The maximum absolute atomic E-state index is 10.5. The lowest BCUT2D eigenvalue weighted by Gasteiger charge is -2.25. The molecule has 0 heterocycles. The van der Waals surface area contributed by atoms with Crippen molar-refractivity contribution < 1.29 is 9.59 Å². The van der Waals surface area contributed by atoms with Crippen molar-refractivity contribution in [1.29, 1.82) is 0 Å². The van der Waals surface area contributed by atoms with Crippen LogP contribution in [-0.4, -0.2) is 18.1 Å². The van der Waals surface area contributed by atoms with Gasteiger partial charge >= 0.3 is 0 Å². The molecule has 3 nitrogen and oxygen atoms in total. The number of aldehydes is 2. The molecule has 3 heteroatoms. The number of hydrogen-bond donors (Lipinski definition) is 1. The Morgan fingerprint density at radius 2 is 2.08 bits per heavy atom. The Balaban J connectivity index is 3.77. The molecule has 0 aromatic heterocycles. The van der Waals surface area contributed by atoms with Crippen molar-refractivity contribution in [2.45, 2.75) is 38.6 Å². The first-order valence-electron chi connectivity index (χ1n) is 4.23. The van der Waals surface area contributed by atoms with Gasteiger partial charge in [-0.25, -0.2) is 0 Å². The topological polar surface area (TPSA) is 60.2 Å². The van der Waals surface area contributed by atoms with Crippen LogP contribution in [0.1, 0.15) is 33.1 Å². The van der Waals surface area contributed by atoms with E-state index in [1.54, 1.807) is 6.92 Å². The summed E-state index contributed by atoms with van der Waals surface area (Å²) < 4.78 is 0. The predicted molar refractivity (Wildman–Crippen MR) is 47.7 cm³/mol. The van der Waals surface area contributed by atoms with Gasteiger partial charge in [0.15, 0.2) is 0 Å². The highest BCUT2D eigenvalue weighted by atomic mass is 16.1. The number of hydrogen-bond acceptors (Lipinski definition) is 3. The van der Waals surface area contributed by atoms with E-state index in [9.17, 15) is 9.59 Å². The van der Waals surface area contributed by atoms with Crippen molar-refractivity contribution in [3.63, 3.8) is 0 Å². The lowest BCUT2D eigenvalue weighted by atomic mass is 9.86. The Bertz CT molecular complexity index is 155. The molecule has 0 bridgehead atoms. The standard InChI is InChI=1S/C9H17NO2/c1-8(5-3-4-6-11)9(2,10)7-12/h6-8H,3-5,10H2,1-2H3. The number of nitrogens with two attached hydrogens (primary N) is 1. The molecule has 2 N–H and O–H groups in total. The van der Waals surface area contributed by atoms with Crippen molar-refractivity contribution in [3.8, 4) is 0 Å². The van der Waals surface area contributed by atoms with Crippen LogP contribution in [0.15, 0.2) is 0 Å². The Hall–Kier alpha value is -0.700. The largest absolute Gasteiger partial charge is 0.319 e. The van der Waals surface area contributed by atoms with Crippen LogP contribution >= 0.6 is 0 Å².